The number of benzene rings is 1. The van der Waals surface area contributed by atoms with Gasteiger partial charge in [-0.1, -0.05) is 13.0 Å². The highest BCUT2D eigenvalue weighted by molar-refractivity contribution is 5.67. The molecule has 0 saturated heterocycles. The van der Waals surface area contributed by atoms with E-state index < -0.39 is 5.97 Å². The number of hydrogen-bond acceptors (Lipinski definition) is 4. The Kier molecular flexibility index (Phi) is 7.61. The largest absolute Gasteiger partial charge is 0.497 e. The summed E-state index contributed by atoms with van der Waals surface area (Å²) in [5.74, 6) is 1.18. The summed E-state index contributed by atoms with van der Waals surface area (Å²) in [6, 6.07) is 7.49. The number of nitrogens with two attached hydrogens (primary N) is 1. The van der Waals surface area contributed by atoms with Gasteiger partial charge in [0, 0.05) is 12.5 Å². The highest BCUT2D eigenvalue weighted by Gasteiger charge is 2.15. The molecular formula is C16H25NO4. The van der Waals surface area contributed by atoms with Gasteiger partial charge in [0.1, 0.15) is 11.5 Å². The average molecular weight is 295 g/mol. The molecule has 1 aromatic carbocycles. The lowest BCUT2D eigenvalue weighted by Crippen LogP contribution is -2.21. The lowest BCUT2D eigenvalue weighted by Gasteiger charge is -2.18. The quantitative estimate of drug-likeness (QED) is 0.693. The maximum Gasteiger partial charge on any atom is 0.303 e. The second-order valence-electron chi connectivity index (χ2n) is 5.36. The van der Waals surface area contributed by atoms with E-state index in [1.807, 2.05) is 24.3 Å². The molecule has 2 atom stereocenters. The zero-order valence-corrected chi connectivity index (χ0v) is 12.7. The van der Waals surface area contributed by atoms with E-state index in [2.05, 4.69) is 6.92 Å². The third-order valence-corrected chi connectivity index (χ3v) is 3.45. The number of hydrogen-bond donors (Lipinski definition) is 2. The van der Waals surface area contributed by atoms with Gasteiger partial charge >= 0.3 is 5.97 Å². The summed E-state index contributed by atoms with van der Waals surface area (Å²) in [6.45, 7) is 3.10. The Hall–Kier alpha value is -1.75. The minimum Gasteiger partial charge on any atom is -0.497 e. The molecule has 2 unspecified atom stereocenters. The van der Waals surface area contributed by atoms with Crippen molar-refractivity contribution in [3.63, 3.8) is 0 Å². The maximum absolute atomic E-state index is 10.7. The first-order valence-electron chi connectivity index (χ1n) is 7.23. The molecule has 118 valence electrons. The van der Waals surface area contributed by atoms with Crippen molar-refractivity contribution in [3.8, 4) is 11.5 Å². The normalized spacial score (nSPS) is 13.5. The summed E-state index contributed by atoms with van der Waals surface area (Å²) in [5, 5.41) is 8.81. The summed E-state index contributed by atoms with van der Waals surface area (Å²) in [4.78, 5) is 10.7. The average Bonchev–Trinajstić information content (AvgIpc) is 2.46. The van der Waals surface area contributed by atoms with Crippen molar-refractivity contribution >= 4 is 5.97 Å². The molecule has 0 saturated carbocycles. The Balaban J connectivity index is 2.32. The van der Waals surface area contributed by atoms with Crippen molar-refractivity contribution < 1.29 is 19.4 Å². The SMILES string of the molecule is COc1cccc(OCCC(C)CC(CN)CC(=O)O)c1. The van der Waals surface area contributed by atoms with Gasteiger partial charge in [0.25, 0.3) is 0 Å². The second-order valence-corrected chi connectivity index (χ2v) is 5.36. The number of ether oxygens (including phenoxy) is 2. The molecule has 3 N–H and O–H groups in total. The van der Waals surface area contributed by atoms with Crippen molar-refractivity contribution in [2.45, 2.75) is 26.2 Å². The Bertz CT molecular complexity index is 436. The number of carbonyl (C=O) groups is 1. The molecule has 1 aromatic rings. The van der Waals surface area contributed by atoms with Crippen LogP contribution in [0, 0.1) is 11.8 Å². The van der Waals surface area contributed by atoms with Crippen LogP contribution in [0.5, 0.6) is 11.5 Å². The highest BCUT2D eigenvalue weighted by atomic mass is 16.5. The lowest BCUT2D eigenvalue weighted by atomic mass is 9.91. The van der Waals surface area contributed by atoms with Crippen molar-refractivity contribution in [2.75, 3.05) is 20.3 Å². The van der Waals surface area contributed by atoms with Gasteiger partial charge in [0.05, 0.1) is 13.7 Å². The van der Waals surface area contributed by atoms with E-state index in [-0.39, 0.29) is 12.3 Å². The van der Waals surface area contributed by atoms with E-state index in [4.69, 9.17) is 20.3 Å². The summed E-state index contributed by atoms with van der Waals surface area (Å²) < 4.78 is 10.8. The monoisotopic (exact) mass is 295 g/mol. The Morgan fingerprint density at radius 3 is 2.71 bits per heavy atom. The van der Waals surface area contributed by atoms with Gasteiger partial charge in [0.2, 0.25) is 0 Å². The van der Waals surface area contributed by atoms with Crippen LogP contribution in [0.3, 0.4) is 0 Å². The molecule has 0 aliphatic heterocycles. The minimum absolute atomic E-state index is 0.0364. The molecule has 0 radical (unpaired) electrons. The van der Waals surface area contributed by atoms with Crippen LogP contribution in [-0.4, -0.2) is 31.3 Å². The molecule has 0 spiro atoms. The Morgan fingerprint density at radius 1 is 1.38 bits per heavy atom. The van der Waals surface area contributed by atoms with Gasteiger partial charge in [-0.05, 0) is 43.4 Å². The smallest absolute Gasteiger partial charge is 0.303 e. The molecule has 0 amide bonds. The fourth-order valence-corrected chi connectivity index (χ4v) is 2.27. The number of carboxylic acids is 1. The number of rotatable bonds is 10. The van der Waals surface area contributed by atoms with Gasteiger partial charge in [-0.15, -0.1) is 0 Å². The van der Waals surface area contributed by atoms with Gasteiger partial charge in [-0.3, -0.25) is 4.79 Å². The van der Waals surface area contributed by atoms with E-state index in [0.717, 1.165) is 24.3 Å². The zero-order chi connectivity index (χ0) is 15.7. The molecule has 5 heteroatoms. The van der Waals surface area contributed by atoms with Crippen LogP contribution < -0.4 is 15.2 Å². The van der Waals surface area contributed by atoms with Crippen LogP contribution in [0.1, 0.15) is 26.2 Å². The first kappa shape index (κ1) is 17.3. The highest BCUT2D eigenvalue weighted by Crippen LogP contribution is 2.21. The van der Waals surface area contributed by atoms with Crippen LogP contribution in [0.15, 0.2) is 24.3 Å². The molecule has 21 heavy (non-hydrogen) atoms. The first-order valence-corrected chi connectivity index (χ1v) is 7.23. The van der Waals surface area contributed by atoms with E-state index in [9.17, 15) is 4.79 Å². The van der Waals surface area contributed by atoms with E-state index in [0.29, 0.717) is 19.1 Å². The number of methoxy groups -OCH3 is 1. The standard InChI is InChI=1S/C16H25NO4/c1-12(8-13(11-17)9-16(18)19)6-7-21-15-5-3-4-14(10-15)20-2/h3-5,10,12-13H,6-9,11,17H2,1-2H3,(H,18,19). The van der Waals surface area contributed by atoms with Crippen molar-refractivity contribution in [3.05, 3.63) is 24.3 Å². The van der Waals surface area contributed by atoms with E-state index in [1.165, 1.54) is 0 Å². The summed E-state index contributed by atoms with van der Waals surface area (Å²) in [6.07, 6.45) is 1.81. The van der Waals surface area contributed by atoms with Crippen LogP contribution in [0.4, 0.5) is 0 Å². The fourth-order valence-electron chi connectivity index (χ4n) is 2.27. The van der Waals surface area contributed by atoms with Crippen molar-refractivity contribution in [1.82, 2.24) is 0 Å². The van der Waals surface area contributed by atoms with Gasteiger partial charge in [-0.25, -0.2) is 0 Å². The Morgan fingerprint density at radius 2 is 2.10 bits per heavy atom. The molecule has 0 fully saturated rings. The molecule has 5 nitrogen and oxygen atoms in total. The fraction of sp³-hybridized carbons (Fsp3) is 0.562. The molecule has 0 aliphatic carbocycles. The van der Waals surface area contributed by atoms with E-state index >= 15 is 0 Å². The summed E-state index contributed by atoms with van der Waals surface area (Å²) in [7, 11) is 1.62. The summed E-state index contributed by atoms with van der Waals surface area (Å²) >= 11 is 0. The van der Waals surface area contributed by atoms with Crippen LogP contribution in [-0.2, 0) is 4.79 Å². The topological polar surface area (TPSA) is 81.8 Å². The molecule has 0 bridgehead atoms. The van der Waals surface area contributed by atoms with Crippen LogP contribution in [0.25, 0.3) is 0 Å². The predicted molar refractivity (Wildman–Crippen MR) is 81.7 cm³/mol. The number of aliphatic carboxylic acids is 1. The Labute approximate surface area is 126 Å². The zero-order valence-electron chi connectivity index (χ0n) is 12.7. The number of carboxylic acid groups (broad SMARTS) is 1. The third kappa shape index (κ3) is 6.99. The minimum atomic E-state index is -0.787. The first-order chi connectivity index (χ1) is 10.0. The summed E-state index contributed by atoms with van der Waals surface area (Å²) in [5.41, 5.74) is 5.61. The molecule has 0 heterocycles. The third-order valence-electron chi connectivity index (χ3n) is 3.45. The van der Waals surface area contributed by atoms with Crippen molar-refractivity contribution in [1.29, 1.82) is 0 Å². The van der Waals surface area contributed by atoms with Gasteiger partial charge in [-0.2, -0.15) is 0 Å². The van der Waals surface area contributed by atoms with Crippen LogP contribution >= 0.6 is 0 Å². The van der Waals surface area contributed by atoms with Gasteiger partial charge in [0.15, 0.2) is 0 Å². The maximum atomic E-state index is 10.7. The predicted octanol–water partition coefficient (Wildman–Crippen LogP) is 2.54. The molecule has 1 rings (SSSR count). The lowest BCUT2D eigenvalue weighted by molar-refractivity contribution is -0.138. The van der Waals surface area contributed by atoms with E-state index in [1.54, 1.807) is 7.11 Å². The second kappa shape index (κ2) is 9.23. The molecule has 0 aliphatic rings. The molecule has 0 aromatic heterocycles. The van der Waals surface area contributed by atoms with Crippen molar-refractivity contribution in [2.24, 2.45) is 17.6 Å². The van der Waals surface area contributed by atoms with Gasteiger partial charge < -0.3 is 20.3 Å². The van der Waals surface area contributed by atoms with Crippen LogP contribution in [0.2, 0.25) is 0 Å². The molecular weight excluding hydrogens is 270 g/mol.